The molecule has 0 spiro atoms. The van der Waals surface area contributed by atoms with Gasteiger partial charge in [-0.25, -0.2) is 4.98 Å². The van der Waals surface area contributed by atoms with Crippen molar-refractivity contribution in [2.45, 2.75) is 6.92 Å². The zero-order valence-corrected chi connectivity index (χ0v) is 6.75. The molecule has 0 aliphatic heterocycles. The Bertz CT molecular complexity index is 337. The maximum Gasteiger partial charge on any atom is 0.229 e. The summed E-state index contributed by atoms with van der Waals surface area (Å²) in [4.78, 5) is 6.79. The zero-order chi connectivity index (χ0) is 7.68. The highest BCUT2D eigenvalue weighted by Crippen LogP contribution is 2.13. The van der Waals surface area contributed by atoms with Crippen LogP contribution < -0.4 is 0 Å². The van der Waals surface area contributed by atoms with E-state index in [0.29, 0.717) is 0 Å². The molecule has 2 aromatic heterocycles. The first-order valence-electron chi connectivity index (χ1n) is 3.15. The summed E-state index contributed by atoms with van der Waals surface area (Å²) >= 11 is 1.57. The van der Waals surface area contributed by atoms with E-state index >= 15 is 0 Å². The molecule has 4 nitrogen and oxygen atoms in total. The number of aromatic nitrogens is 4. The van der Waals surface area contributed by atoms with E-state index in [0.717, 1.165) is 10.0 Å². The van der Waals surface area contributed by atoms with Gasteiger partial charge in [0.05, 0.1) is 12.4 Å². The molecule has 11 heavy (non-hydrogen) atoms. The largest absolute Gasteiger partial charge is 0.229 e. The van der Waals surface area contributed by atoms with E-state index in [4.69, 9.17) is 0 Å². The molecule has 0 aromatic carbocycles. The first-order valence-corrected chi connectivity index (χ1v) is 3.97. The first kappa shape index (κ1) is 6.48. The van der Waals surface area contributed by atoms with Crippen molar-refractivity contribution in [3.8, 4) is 5.13 Å². The van der Waals surface area contributed by atoms with Crippen molar-refractivity contribution in [2.75, 3.05) is 0 Å². The summed E-state index contributed by atoms with van der Waals surface area (Å²) in [6.07, 6.45) is 5.08. The minimum Gasteiger partial charge on any atom is -0.225 e. The molecule has 0 N–H and O–H groups in total. The van der Waals surface area contributed by atoms with Crippen molar-refractivity contribution in [1.82, 2.24) is 20.0 Å². The van der Waals surface area contributed by atoms with Gasteiger partial charge in [0.15, 0.2) is 0 Å². The third-order valence-electron chi connectivity index (χ3n) is 1.20. The van der Waals surface area contributed by atoms with Crippen LogP contribution in [-0.4, -0.2) is 20.0 Å². The lowest BCUT2D eigenvalue weighted by molar-refractivity contribution is 0.745. The van der Waals surface area contributed by atoms with E-state index in [1.807, 2.05) is 13.1 Å². The molecule has 0 aliphatic rings. The van der Waals surface area contributed by atoms with Crippen LogP contribution in [0.1, 0.15) is 4.88 Å². The van der Waals surface area contributed by atoms with Gasteiger partial charge in [-0.05, 0) is 6.92 Å². The molecular formula is C6H6N4S. The smallest absolute Gasteiger partial charge is 0.225 e. The fourth-order valence-corrected chi connectivity index (χ4v) is 1.42. The summed E-state index contributed by atoms with van der Waals surface area (Å²) in [5.74, 6) is 0. The minimum absolute atomic E-state index is 0.813. The summed E-state index contributed by atoms with van der Waals surface area (Å²) in [5.41, 5.74) is 0. The van der Waals surface area contributed by atoms with Crippen LogP contribution in [0, 0.1) is 6.92 Å². The molecule has 2 rings (SSSR count). The van der Waals surface area contributed by atoms with Gasteiger partial charge in [0.25, 0.3) is 0 Å². The van der Waals surface area contributed by atoms with Crippen LogP contribution in [0.25, 0.3) is 5.13 Å². The van der Waals surface area contributed by atoms with Crippen molar-refractivity contribution >= 4 is 11.3 Å². The molecule has 0 radical (unpaired) electrons. The molecular weight excluding hydrogens is 160 g/mol. The molecule has 2 heterocycles. The number of thiazole rings is 1. The lowest BCUT2D eigenvalue weighted by Crippen LogP contribution is -1.96. The summed E-state index contributed by atoms with van der Waals surface area (Å²) in [7, 11) is 0. The Kier molecular flexibility index (Phi) is 1.43. The van der Waals surface area contributed by atoms with Crippen LogP contribution in [-0.2, 0) is 0 Å². The van der Waals surface area contributed by atoms with E-state index in [1.54, 1.807) is 23.7 Å². The number of aryl methyl sites for hydroxylation is 1. The van der Waals surface area contributed by atoms with E-state index in [-0.39, 0.29) is 0 Å². The predicted molar refractivity (Wildman–Crippen MR) is 41.8 cm³/mol. The average Bonchev–Trinajstić information content (AvgIpc) is 2.55. The second-order valence-corrected chi connectivity index (χ2v) is 3.29. The molecule has 5 heteroatoms. The normalized spacial score (nSPS) is 10.3. The molecule has 0 unspecified atom stereocenters. The SMILES string of the molecule is Cc1cnc(-n2nccn2)s1. The highest BCUT2D eigenvalue weighted by atomic mass is 32.1. The highest BCUT2D eigenvalue weighted by molar-refractivity contribution is 7.13. The van der Waals surface area contributed by atoms with Crippen molar-refractivity contribution < 1.29 is 0 Å². The summed E-state index contributed by atoms with van der Waals surface area (Å²) < 4.78 is 0. The average molecular weight is 166 g/mol. The van der Waals surface area contributed by atoms with Crippen LogP contribution in [0.2, 0.25) is 0 Å². The molecule has 56 valence electrons. The van der Waals surface area contributed by atoms with Crippen molar-refractivity contribution in [1.29, 1.82) is 0 Å². The molecule has 0 bridgehead atoms. The van der Waals surface area contributed by atoms with E-state index in [2.05, 4.69) is 15.2 Å². The summed E-state index contributed by atoms with van der Waals surface area (Å²) in [6, 6.07) is 0. The van der Waals surface area contributed by atoms with Gasteiger partial charge in [-0.1, -0.05) is 11.3 Å². The molecule has 0 saturated heterocycles. The summed E-state index contributed by atoms with van der Waals surface area (Å²) in [5, 5.41) is 8.72. The van der Waals surface area contributed by atoms with Gasteiger partial charge in [-0.2, -0.15) is 10.2 Å². The minimum atomic E-state index is 0.813. The van der Waals surface area contributed by atoms with Crippen molar-refractivity contribution in [3.63, 3.8) is 0 Å². The van der Waals surface area contributed by atoms with Crippen molar-refractivity contribution in [3.05, 3.63) is 23.5 Å². The van der Waals surface area contributed by atoms with Gasteiger partial charge in [0.1, 0.15) is 0 Å². The monoisotopic (exact) mass is 166 g/mol. The van der Waals surface area contributed by atoms with Gasteiger partial charge < -0.3 is 0 Å². The number of hydrogen-bond acceptors (Lipinski definition) is 4. The van der Waals surface area contributed by atoms with E-state index < -0.39 is 0 Å². The van der Waals surface area contributed by atoms with Crippen LogP contribution in [0.15, 0.2) is 18.6 Å². The van der Waals surface area contributed by atoms with Gasteiger partial charge in [0, 0.05) is 11.1 Å². The van der Waals surface area contributed by atoms with Gasteiger partial charge in [-0.3, -0.25) is 0 Å². The Morgan fingerprint density at radius 2 is 2.09 bits per heavy atom. The Labute approximate surface area is 67.5 Å². The fourth-order valence-electron chi connectivity index (χ4n) is 0.750. The zero-order valence-electron chi connectivity index (χ0n) is 5.93. The second-order valence-electron chi connectivity index (χ2n) is 2.07. The molecule has 0 fully saturated rings. The molecule has 0 saturated carbocycles. The molecule has 0 aliphatic carbocycles. The Balaban J connectivity index is 2.45. The van der Waals surface area contributed by atoms with Gasteiger partial charge in [-0.15, -0.1) is 4.80 Å². The van der Waals surface area contributed by atoms with Crippen LogP contribution >= 0.6 is 11.3 Å². The summed E-state index contributed by atoms with van der Waals surface area (Å²) in [6.45, 7) is 2.00. The lowest BCUT2D eigenvalue weighted by Gasteiger charge is -1.87. The standard InChI is InChI=1S/C6H6N4S/c1-5-4-7-6(11-5)10-8-2-3-9-10/h2-4H,1H3. The molecule has 2 aromatic rings. The third-order valence-corrected chi connectivity index (χ3v) is 2.08. The topological polar surface area (TPSA) is 43.6 Å². The number of hydrogen-bond donors (Lipinski definition) is 0. The Morgan fingerprint density at radius 3 is 2.64 bits per heavy atom. The Hall–Kier alpha value is -1.23. The molecule has 0 atom stereocenters. The Morgan fingerprint density at radius 1 is 1.36 bits per heavy atom. The van der Waals surface area contributed by atoms with E-state index in [9.17, 15) is 0 Å². The van der Waals surface area contributed by atoms with Crippen LogP contribution in [0.5, 0.6) is 0 Å². The third kappa shape index (κ3) is 1.14. The predicted octanol–water partition coefficient (Wildman–Crippen LogP) is 1.03. The lowest BCUT2D eigenvalue weighted by atomic mass is 10.7. The fraction of sp³-hybridized carbons (Fsp3) is 0.167. The van der Waals surface area contributed by atoms with Crippen molar-refractivity contribution in [2.24, 2.45) is 0 Å². The number of rotatable bonds is 1. The maximum atomic E-state index is 4.11. The van der Waals surface area contributed by atoms with Crippen LogP contribution in [0.4, 0.5) is 0 Å². The highest BCUT2D eigenvalue weighted by Gasteiger charge is 2.00. The molecule has 0 amide bonds. The van der Waals surface area contributed by atoms with Gasteiger partial charge in [0.2, 0.25) is 5.13 Å². The second kappa shape index (κ2) is 2.43. The quantitative estimate of drug-likeness (QED) is 0.635. The number of nitrogens with zero attached hydrogens (tertiary/aromatic N) is 4. The van der Waals surface area contributed by atoms with Gasteiger partial charge >= 0.3 is 0 Å². The van der Waals surface area contributed by atoms with Crippen LogP contribution in [0.3, 0.4) is 0 Å². The maximum absolute atomic E-state index is 4.11. The first-order chi connectivity index (χ1) is 5.36. The van der Waals surface area contributed by atoms with E-state index in [1.165, 1.54) is 4.80 Å².